The van der Waals surface area contributed by atoms with Crippen molar-refractivity contribution >= 4 is 17.8 Å². The van der Waals surface area contributed by atoms with E-state index in [2.05, 4.69) is 5.32 Å². The highest BCUT2D eigenvalue weighted by atomic mass is 16.6. The van der Waals surface area contributed by atoms with Crippen LogP contribution in [0.5, 0.6) is 0 Å². The molecule has 0 saturated carbocycles. The molecule has 1 aliphatic heterocycles. The molecule has 0 fully saturated rings. The molecule has 0 bridgehead atoms. The molecule has 0 saturated heterocycles. The van der Waals surface area contributed by atoms with Crippen LogP contribution in [0.25, 0.3) is 0 Å². The van der Waals surface area contributed by atoms with Gasteiger partial charge in [0.1, 0.15) is 0 Å². The Morgan fingerprint density at radius 1 is 1.00 bits per heavy atom. The number of carbonyl (C=O) groups excluding carboxylic acids is 3. The first-order valence-corrected chi connectivity index (χ1v) is 7.62. The highest BCUT2D eigenvalue weighted by Gasteiger charge is 2.44. The van der Waals surface area contributed by atoms with Crippen LogP contribution in [0.4, 0.5) is 0 Å². The van der Waals surface area contributed by atoms with E-state index in [1.165, 1.54) is 0 Å². The van der Waals surface area contributed by atoms with Crippen LogP contribution in [0.15, 0.2) is 24.3 Å². The summed E-state index contributed by atoms with van der Waals surface area (Å²) in [4.78, 5) is 36.9. The molecular formula is C17H21NO5. The van der Waals surface area contributed by atoms with Crippen molar-refractivity contribution in [1.82, 2.24) is 5.32 Å². The second-order valence-electron chi connectivity index (χ2n) is 5.99. The molecule has 1 atom stereocenters. The molecule has 1 aromatic carbocycles. The van der Waals surface area contributed by atoms with Crippen LogP contribution in [-0.4, -0.2) is 30.1 Å². The predicted octanol–water partition coefficient (Wildman–Crippen LogP) is 1.99. The zero-order valence-electron chi connectivity index (χ0n) is 13.7. The van der Waals surface area contributed by atoms with E-state index in [1.807, 2.05) is 0 Å². The topological polar surface area (TPSA) is 81.7 Å². The van der Waals surface area contributed by atoms with Crippen LogP contribution in [0, 0.1) is 5.92 Å². The first-order chi connectivity index (χ1) is 10.8. The Morgan fingerprint density at radius 3 is 2.04 bits per heavy atom. The summed E-state index contributed by atoms with van der Waals surface area (Å²) < 4.78 is 10.4. The molecule has 1 amide bonds. The largest absolute Gasteiger partial charge is 0.462 e. The van der Waals surface area contributed by atoms with Gasteiger partial charge in [0.2, 0.25) is 0 Å². The van der Waals surface area contributed by atoms with Crippen molar-refractivity contribution in [1.29, 1.82) is 0 Å². The van der Waals surface area contributed by atoms with Crippen LogP contribution in [0.3, 0.4) is 0 Å². The van der Waals surface area contributed by atoms with Gasteiger partial charge in [-0.15, -0.1) is 0 Å². The van der Waals surface area contributed by atoms with Crippen molar-refractivity contribution in [2.24, 2.45) is 5.92 Å². The van der Waals surface area contributed by atoms with Gasteiger partial charge < -0.3 is 14.8 Å². The van der Waals surface area contributed by atoms with Gasteiger partial charge in [0.15, 0.2) is 5.92 Å². The molecule has 1 unspecified atom stereocenters. The summed E-state index contributed by atoms with van der Waals surface area (Å²) in [6.07, 6.45) is -0.742. The van der Waals surface area contributed by atoms with Gasteiger partial charge in [-0.25, -0.2) is 0 Å². The Kier molecular flexibility index (Phi) is 5.03. The van der Waals surface area contributed by atoms with Gasteiger partial charge in [-0.3, -0.25) is 14.4 Å². The van der Waals surface area contributed by atoms with Crippen molar-refractivity contribution in [3.05, 3.63) is 35.4 Å². The fourth-order valence-electron chi connectivity index (χ4n) is 2.51. The normalized spacial score (nSPS) is 16.5. The Hall–Kier alpha value is -2.37. The molecule has 0 aromatic heterocycles. The summed E-state index contributed by atoms with van der Waals surface area (Å²) in [5.41, 5.74) is 1.06. The van der Waals surface area contributed by atoms with Crippen molar-refractivity contribution in [2.75, 3.05) is 0 Å². The third-order valence-corrected chi connectivity index (χ3v) is 3.37. The number of hydrogen-bond donors (Lipinski definition) is 1. The average molecular weight is 319 g/mol. The van der Waals surface area contributed by atoms with Crippen LogP contribution >= 0.6 is 0 Å². The zero-order valence-corrected chi connectivity index (χ0v) is 13.7. The third-order valence-electron chi connectivity index (χ3n) is 3.37. The van der Waals surface area contributed by atoms with Crippen molar-refractivity contribution < 1.29 is 23.9 Å². The minimum atomic E-state index is -1.23. The molecule has 124 valence electrons. The smallest absolute Gasteiger partial charge is 0.323 e. The molecule has 1 aromatic rings. The van der Waals surface area contributed by atoms with E-state index < -0.39 is 23.9 Å². The van der Waals surface area contributed by atoms with E-state index >= 15 is 0 Å². The van der Waals surface area contributed by atoms with Gasteiger partial charge in [-0.2, -0.15) is 0 Å². The molecule has 1 N–H and O–H groups in total. The number of carbonyl (C=O) groups is 3. The molecule has 2 rings (SSSR count). The van der Waals surface area contributed by atoms with Crippen LogP contribution < -0.4 is 5.32 Å². The SMILES string of the molecule is CC(C)OC(=O)C(C(=O)OC(C)C)C1NC(=O)c2ccccc21. The number of fused-ring (bicyclic) bond motifs is 1. The summed E-state index contributed by atoms with van der Waals surface area (Å²) in [6, 6.07) is 6.08. The number of amides is 1. The summed E-state index contributed by atoms with van der Waals surface area (Å²) >= 11 is 0. The molecule has 6 nitrogen and oxygen atoms in total. The quantitative estimate of drug-likeness (QED) is 0.663. The van der Waals surface area contributed by atoms with E-state index in [0.29, 0.717) is 11.1 Å². The molecule has 23 heavy (non-hydrogen) atoms. The lowest BCUT2D eigenvalue weighted by Gasteiger charge is -2.23. The maximum Gasteiger partial charge on any atom is 0.323 e. The highest BCUT2D eigenvalue weighted by molar-refractivity contribution is 6.03. The summed E-state index contributed by atoms with van der Waals surface area (Å²) in [5.74, 6) is -2.95. The number of benzene rings is 1. The standard InChI is InChI=1S/C17H21NO5/c1-9(2)22-16(20)13(17(21)23-10(3)4)14-11-7-5-6-8-12(11)15(19)18-14/h5-10,13-14H,1-4H3,(H,18,19). The van der Waals surface area contributed by atoms with Crippen LogP contribution in [0.2, 0.25) is 0 Å². The van der Waals surface area contributed by atoms with E-state index in [0.717, 1.165) is 0 Å². The lowest BCUT2D eigenvalue weighted by atomic mass is 9.93. The summed E-state index contributed by atoms with van der Waals surface area (Å²) in [6.45, 7) is 6.79. The van der Waals surface area contributed by atoms with E-state index in [-0.39, 0.29) is 18.1 Å². The zero-order chi connectivity index (χ0) is 17.1. The summed E-state index contributed by atoms with van der Waals surface area (Å²) in [7, 11) is 0. The van der Waals surface area contributed by atoms with Crippen LogP contribution in [0.1, 0.15) is 49.7 Å². The van der Waals surface area contributed by atoms with Crippen LogP contribution in [-0.2, 0) is 19.1 Å². The van der Waals surface area contributed by atoms with Gasteiger partial charge >= 0.3 is 11.9 Å². The van der Waals surface area contributed by atoms with Gasteiger partial charge in [0, 0.05) is 5.56 Å². The van der Waals surface area contributed by atoms with E-state index in [9.17, 15) is 14.4 Å². The fourth-order valence-corrected chi connectivity index (χ4v) is 2.51. The lowest BCUT2D eigenvalue weighted by molar-refractivity contribution is -0.167. The maximum atomic E-state index is 12.4. The Labute approximate surface area is 135 Å². The highest BCUT2D eigenvalue weighted by Crippen LogP contribution is 2.33. The molecule has 0 spiro atoms. The predicted molar refractivity (Wildman–Crippen MR) is 82.6 cm³/mol. The minimum Gasteiger partial charge on any atom is -0.462 e. The maximum absolute atomic E-state index is 12.4. The molecule has 1 heterocycles. The van der Waals surface area contributed by atoms with Gasteiger partial charge in [-0.1, -0.05) is 18.2 Å². The molecule has 1 aliphatic rings. The van der Waals surface area contributed by atoms with Crippen molar-refractivity contribution in [2.45, 2.75) is 45.9 Å². The number of rotatable bonds is 5. The lowest BCUT2D eigenvalue weighted by Crippen LogP contribution is -2.39. The van der Waals surface area contributed by atoms with Gasteiger partial charge in [0.25, 0.3) is 5.91 Å². The second-order valence-corrected chi connectivity index (χ2v) is 5.99. The van der Waals surface area contributed by atoms with Gasteiger partial charge in [-0.05, 0) is 39.3 Å². The second kappa shape index (κ2) is 6.81. The number of ether oxygens (including phenoxy) is 2. The van der Waals surface area contributed by atoms with E-state index in [1.54, 1.807) is 52.0 Å². The van der Waals surface area contributed by atoms with E-state index in [4.69, 9.17) is 9.47 Å². The molecule has 0 aliphatic carbocycles. The Balaban J connectivity index is 2.36. The molecule has 6 heteroatoms. The van der Waals surface area contributed by atoms with Crippen molar-refractivity contribution in [3.63, 3.8) is 0 Å². The monoisotopic (exact) mass is 319 g/mol. The minimum absolute atomic E-state index is 0.315. The summed E-state index contributed by atoms with van der Waals surface area (Å²) in [5, 5.41) is 2.69. The fraction of sp³-hybridized carbons (Fsp3) is 0.471. The number of nitrogens with one attached hydrogen (secondary N) is 1. The molecular weight excluding hydrogens is 298 g/mol. The van der Waals surface area contributed by atoms with Gasteiger partial charge in [0.05, 0.1) is 18.2 Å². The first kappa shape index (κ1) is 17.0. The number of esters is 2. The average Bonchev–Trinajstić information content (AvgIpc) is 2.75. The Bertz CT molecular complexity index is 601. The van der Waals surface area contributed by atoms with Crippen molar-refractivity contribution in [3.8, 4) is 0 Å². The Morgan fingerprint density at radius 2 is 1.52 bits per heavy atom. The molecule has 0 radical (unpaired) electrons. The number of hydrogen-bond acceptors (Lipinski definition) is 5. The third kappa shape index (κ3) is 3.70. The first-order valence-electron chi connectivity index (χ1n) is 7.62.